The first-order valence-electron chi connectivity index (χ1n) is 7.37. The first kappa shape index (κ1) is 18.2. The average molecular weight is 312 g/mol. The lowest BCUT2D eigenvalue weighted by molar-refractivity contribution is 0.0772. The molecule has 0 aliphatic carbocycles. The summed E-state index contributed by atoms with van der Waals surface area (Å²) in [5.41, 5.74) is 0.707. The highest BCUT2D eigenvalue weighted by molar-refractivity contribution is 5.73. The van der Waals surface area contributed by atoms with Gasteiger partial charge in [-0.15, -0.1) is 0 Å². The lowest BCUT2D eigenvalue weighted by Gasteiger charge is -2.18. The number of carbonyl (C=O) groups excluding carboxylic acids is 1. The van der Waals surface area contributed by atoms with Gasteiger partial charge < -0.3 is 19.7 Å². The Morgan fingerprint density at radius 2 is 2.14 bits per heavy atom. The van der Waals surface area contributed by atoms with Gasteiger partial charge in [0, 0.05) is 26.7 Å². The Morgan fingerprint density at radius 3 is 2.73 bits per heavy atom. The van der Waals surface area contributed by atoms with Gasteiger partial charge in [0.1, 0.15) is 0 Å². The summed E-state index contributed by atoms with van der Waals surface area (Å²) in [6.07, 6.45) is 0.956. The van der Waals surface area contributed by atoms with Gasteiger partial charge in [-0.2, -0.15) is 0 Å². The molecule has 2 amide bonds. The van der Waals surface area contributed by atoms with Crippen LogP contribution in [0.15, 0.2) is 18.2 Å². The summed E-state index contributed by atoms with van der Waals surface area (Å²) in [4.78, 5) is 13.4. The van der Waals surface area contributed by atoms with Crippen LogP contribution in [0.25, 0.3) is 0 Å². The minimum Gasteiger partial charge on any atom is -0.494 e. The molecule has 0 aromatic heterocycles. The Labute approximate surface area is 131 Å². The molecule has 0 atom stereocenters. The Balaban J connectivity index is 2.36. The number of amides is 2. The van der Waals surface area contributed by atoms with Crippen molar-refractivity contribution in [2.75, 3.05) is 27.3 Å². The summed E-state index contributed by atoms with van der Waals surface area (Å²) < 4.78 is 23.9. The molecule has 124 valence electrons. The van der Waals surface area contributed by atoms with E-state index < -0.39 is 5.82 Å². The smallest absolute Gasteiger partial charge is 0.317 e. The number of ether oxygens (including phenoxy) is 2. The van der Waals surface area contributed by atoms with Gasteiger partial charge in [-0.1, -0.05) is 6.07 Å². The Kier molecular flexibility index (Phi) is 7.66. The number of methoxy groups -OCH3 is 1. The molecule has 5 nitrogen and oxygen atoms in total. The molecule has 0 bridgehead atoms. The number of nitrogens with one attached hydrogen (secondary N) is 1. The Bertz CT molecular complexity index is 480. The molecular formula is C16H25FN2O3. The van der Waals surface area contributed by atoms with E-state index in [0.29, 0.717) is 25.3 Å². The van der Waals surface area contributed by atoms with Crippen LogP contribution in [0.5, 0.6) is 5.75 Å². The highest BCUT2D eigenvalue weighted by Gasteiger charge is 2.10. The maximum absolute atomic E-state index is 13.6. The standard InChI is InChI=1S/C16H25FN2O3/c1-12(2)22-9-5-8-18-16(20)19(3)11-13-6-7-15(21-4)14(17)10-13/h6-7,10,12H,5,8-9,11H2,1-4H3,(H,18,20). The van der Waals surface area contributed by atoms with Gasteiger partial charge in [0.15, 0.2) is 11.6 Å². The predicted octanol–water partition coefficient (Wildman–Crippen LogP) is 2.79. The van der Waals surface area contributed by atoms with Gasteiger partial charge in [-0.3, -0.25) is 0 Å². The van der Waals surface area contributed by atoms with Crippen molar-refractivity contribution in [3.05, 3.63) is 29.6 Å². The number of hydrogen-bond acceptors (Lipinski definition) is 3. The number of hydrogen-bond donors (Lipinski definition) is 1. The van der Waals surface area contributed by atoms with Gasteiger partial charge in [-0.25, -0.2) is 9.18 Å². The number of nitrogens with zero attached hydrogens (tertiary/aromatic N) is 1. The molecule has 0 radical (unpaired) electrons. The van der Waals surface area contributed by atoms with Gasteiger partial charge in [0.2, 0.25) is 0 Å². The summed E-state index contributed by atoms with van der Waals surface area (Å²) in [5, 5.41) is 2.80. The predicted molar refractivity (Wildman–Crippen MR) is 83.5 cm³/mol. The third-order valence-electron chi connectivity index (χ3n) is 3.03. The summed E-state index contributed by atoms with van der Waals surface area (Å²) in [6.45, 7) is 5.44. The van der Waals surface area contributed by atoms with Crippen molar-refractivity contribution in [2.45, 2.75) is 32.9 Å². The maximum Gasteiger partial charge on any atom is 0.317 e. The molecule has 0 saturated carbocycles. The van der Waals surface area contributed by atoms with E-state index in [0.717, 1.165) is 6.42 Å². The van der Waals surface area contributed by atoms with E-state index >= 15 is 0 Å². The van der Waals surface area contributed by atoms with E-state index in [1.54, 1.807) is 19.2 Å². The van der Waals surface area contributed by atoms with E-state index in [1.165, 1.54) is 18.1 Å². The average Bonchev–Trinajstić information content (AvgIpc) is 2.46. The zero-order valence-electron chi connectivity index (χ0n) is 13.7. The third-order valence-corrected chi connectivity index (χ3v) is 3.03. The topological polar surface area (TPSA) is 50.8 Å². The fourth-order valence-corrected chi connectivity index (χ4v) is 1.88. The second-order valence-corrected chi connectivity index (χ2v) is 5.33. The SMILES string of the molecule is COc1ccc(CN(C)C(=O)NCCCOC(C)C)cc1F. The molecule has 22 heavy (non-hydrogen) atoms. The van der Waals surface area contributed by atoms with E-state index in [1.807, 2.05) is 13.8 Å². The first-order chi connectivity index (χ1) is 10.4. The van der Waals surface area contributed by atoms with Crippen LogP contribution in [0.3, 0.4) is 0 Å². The number of halogens is 1. The summed E-state index contributed by atoms with van der Waals surface area (Å²) in [5.74, 6) is -0.236. The molecule has 0 fully saturated rings. The Hall–Kier alpha value is -1.82. The number of carbonyl (C=O) groups is 1. The third kappa shape index (κ3) is 6.30. The van der Waals surface area contributed by atoms with Crippen LogP contribution in [-0.2, 0) is 11.3 Å². The number of benzene rings is 1. The largest absolute Gasteiger partial charge is 0.494 e. The molecule has 0 saturated heterocycles. The van der Waals surface area contributed by atoms with Gasteiger partial charge in [-0.05, 0) is 38.0 Å². The molecule has 1 rings (SSSR count). The lowest BCUT2D eigenvalue weighted by atomic mass is 10.2. The molecule has 1 aromatic carbocycles. The van der Waals surface area contributed by atoms with E-state index in [9.17, 15) is 9.18 Å². The van der Waals surface area contributed by atoms with Crippen molar-refractivity contribution in [3.63, 3.8) is 0 Å². The zero-order valence-corrected chi connectivity index (χ0v) is 13.7. The minimum absolute atomic E-state index is 0.194. The number of rotatable bonds is 8. The summed E-state index contributed by atoms with van der Waals surface area (Å²) in [7, 11) is 3.09. The van der Waals surface area contributed by atoms with E-state index in [-0.39, 0.29) is 17.9 Å². The van der Waals surface area contributed by atoms with Crippen molar-refractivity contribution in [2.24, 2.45) is 0 Å². The highest BCUT2D eigenvalue weighted by atomic mass is 19.1. The normalized spacial score (nSPS) is 10.6. The van der Waals surface area contributed by atoms with Crippen molar-refractivity contribution >= 4 is 6.03 Å². The molecule has 6 heteroatoms. The van der Waals surface area contributed by atoms with Crippen LogP contribution in [0.4, 0.5) is 9.18 Å². The molecule has 0 aliphatic heterocycles. The van der Waals surface area contributed by atoms with Crippen LogP contribution in [0.1, 0.15) is 25.8 Å². The highest BCUT2D eigenvalue weighted by Crippen LogP contribution is 2.18. The van der Waals surface area contributed by atoms with Crippen molar-refractivity contribution in [1.29, 1.82) is 0 Å². The second kappa shape index (κ2) is 9.25. The van der Waals surface area contributed by atoms with Crippen LogP contribution in [-0.4, -0.2) is 44.3 Å². The quantitative estimate of drug-likeness (QED) is 0.751. The van der Waals surface area contributed by atoms with Crippen molar-refractivity contribution < 1.29 is 18.7 Å². The van der Waals surface area contributed by atoms with Gasteiger partial charge >= 0.3 is 6.03 Å². The summed E-state index contributed by atoms with van der Waals surface area (Å²) >= 11 is 0. The molecule has 0 unspecified atom stereocenters. The second-order valence-electron chi connectivity index (χ2n) is 5.33. The van der Waals surface area contributed by atoms with Crippen LogP contribution < -0.4 is 10.1 Å². The molecule has 1 N–H and O–H groups in total. The molecule has 0 aliphatic rings. The number of urea groups is 1. The fraction of sp³-hybridized carbons (Fsp3) is 0.562. The molecule has 0 heterocycles. The monoisotopic (exact) mass is 312 g/mol. The van der Waals surface area contributed by atoms with Gasteiger partial charge in [0.05, 0.1) is 13.2 Å². The molecule has 0 spiro atoms. The van der Waals surface area contributed by atoms with Crippen molar-refractivity contribution in [1.82, 2.24) is 10.2 Å². The lowest BCUT2D eigenvalue weighted by Crippen LogP contribution is -2.37. The molecular weight excluding hydrogens is 287 g/mol. The van der Waals surface area contributed by atoms with Crippen LogP contribution >= 0.6 is 0 Å². The fourth-order valence-electron chi connectivity index (χ4n) is 1.88. The van der Waals surface area contributed by atoms with E-state index in [2.05, 4.69) is 5.32 Å². The zero-order chi connectivity index (χ0) is 16.5. The minimum atomic E-state index is -0.431. The summed E-state index contributed by atoms with van der Waals surface area (Å²) in [6, 6.07) is 4.47. The maximum atomic E-state index is 13.6. The first-order valence-corrected chi connectivity index (χ1v) is 7.37. The van der Waals surface area contributed by atoms with Crippen LogP contribution in [0.2, 0.25) is 0 Å². The van der Waals surface area contributed by atoms with Gasteiger partial charge in [0.25, 0.3) is 0 Å². The van der Waals surface area contributed by atoms with E-state index in [4.69, 9.17) is 9.47 Å². The van der Waals surface area contributed by atoms with Crippen molar-refractivity contribution in [3.8, 4) is 5.75 Å². The molecule has 1 aromatic rings. The Morgan fingerprint density at radius 1 is 1.41 bits per heavy atom. The van der Waals surface area contributed by atoms with Crippen LogP contribution in [0, 0.1) is 5.82 Å².